The van der Waals surface area contributed by atoms with Crippen LogP contribution in [-0.4, -0.2) is 82.1 Å². The highest BCUT2D eigenvalue weighted by atomic mass is 32.1. The highest BCUT2D eigenvalue weighted by molar-refractivity contribution is 7.13. The number of imide groups is 1. The summed E-state index contributed by atoms with van der Waals surface area (Å²) >= 11 is 1.53. The van der Waals surface area contributed by atoms with Gasteiger partial charge in [-0.1, -0.05) is 25.0 Å². The summed E-state index contributed by atoms with van der Waals surface area (Å²) in [5.41, 5.74) is -2.86. The molecule has 0 unspecified atom stereocenters. The molecule has 1 N–H and O–H groups in total. The van der Waals surface area contributed by atoms with E-state index in [9.17, 15) is 27.9 Å². The Balaban J connectivity index is 0.998. The van der Waals surface area contributed by atoms with Gasteiger partial charge < -0.3 is 10.0 Å². The Hall–Kier alpha value is -2.24. The van der Waals surface area contributed by atoms with Gasteiger partial charge in [0.1, 0.15) is 5.82 Å². The first-order chi connectivity index (χ1) is 19.2. The van der Waals surface area contributed by atoms with E-state index < -0.39 is 47.8 Å². The van der Waals surface area contributed by atoms with Crippen molar-refractivity contribution in [2.75, 3.05) is 44.2 Å². The minimum Gasteiger partial charge on any atom is -0.380 e. The normalized spacial score (nSPS) is 36.7. The molecule has 3 aliphatic carbocycles. The molecule has 1 aromatic carbocycles. The molecule has 7 nitrogen and oxygen atoms in total. The summed E-state index contributed by atoms with van der Waals surface area (Å²) in [6, 6.07) is 8.30. The second kappa shape index (κ2) is 9.66. The van der Waals surface area contributed by atoms with Gasteiger partial charge in [0.25, 0.3) is 0 Å². The van der Waals surface area contributed by atoms with Crippen LogP contribution >= 0.6 is 11.5 Å². The number of piperazine rings is 1. The summed E-state index contributed by atoms with van der Waals surface area (Å²) < 4.78 is 47.1. The Morgan fingerprint density at radius 2 is 1.65 bits per heavy atom. The molecule has 3 saturated carbocycles. The molecule has 7 atom stereocenters. The van der Waals surface area contributed by atoms with Crippen molar-refractivity contribution in [3.8, 4) is 0 Å². The molecule has 5 fully saturated rings. The van der Waals surface area contributed by atoms with Gasteiger partial charge in [-0.15, -0.1) is 0 Å². The minimum absolute atomic E-state index is 0.103. The summed E-state index contributed by atoms with van der Waals surface area (Å²) in [7, 11) is 0. The molecule has 40 heavy (non-hydrogen) atoms. The first kappa shape index (κ1) is 26.6. The van der Waals surface area contributed by atoms with Crippen LogP contribution in [0, 0.1) is 35.5 Å². The van der Waals surface area contributed by atoms with E-state index in [1.165, 1.54) is 26.5 Å². The van der Waals surface area contributed by atoms with Gasteiger partial charge in [-0.3, -0.25) is 19.4 Å². The lowest BCUT2D eigenvalue weighted by Gasteiger charge is -2.40. The van der Waals surface area contributed by atoms with Crippen molar-refractivity contribution in [2.45, 2.75) is 50.3 Å². The molecule has 7 rings (SSSR count). The summed E-state index contributed by atoms with van der Waals surface area (Å²) in [5, 5.41) is 11.7. The number of rotatable bonds is 5. The third kappa shape index (κ3) is 4.09. The minimum atomic E-state index is -4.79. The molecule has 3 heterocycles. The van der Waals surface area contributed by atoms with Crippen molar-refractivity contribution in [2.24, 2.45) is 35.5 Å². The molecule has 1 aromatic heterocycles. The number of hydrogen-bond acceptors (Lipinski definition) is 7. The van der Waals surface area contributed by atoms with Gasteiger partial charge in [0, 0.05) is 50.6 Å². The average molecular weight is 577 g/mol. The topological polar surface area (TPSA) is 77.0 Å². The van der Waals surface area contributed by atoms with Crippen molar-refractivity contribution in [1.82, 2.24) is 14.2 Å². The third-order valence-corrected chi connectivity index (χ3v) is 11.5. The van der Waals surface area contributed by atoms with Crippen LogP contribution in [0.25, 0.3) is 10.1 Å². The van der Waals surface area contributed by atoms with Gasteiger partial charge in [-0.05, 0) is 67.1 Å². The van der Waals surface area contributed by atoms with Gasteiger partial charge >= 0.3 is 6.18 Å². The van der Waals surface area contributed by atoms with Crippen molar-refractivity contribution < 1.29 is 27.9 Å². The molecular weight excluding hydrogens is 541 g/mol. The molecule has 2 aromatic rings. The predicted octanol–water partition coefficient (Wildman–Crippen LogP) is 4.16. The Labute approximate surface area is 235 Å². The molecule has 2 bridgehead atoms. The maximum Gasteiger partial charge on any atom is 0.417 e. The summed E-state index contributed by atoms with van der Waals surface area (Å²) in [4.78, 5) is 32.9. The number of likely N-dealkylation sites (tertiary alicyclic amines) is 1. The van der Waals surface area contributed by atoms with Crippen LogP contribution in [0.1, 0.15) is 38.5 Å². The molecule has 11 heteroatoms. The second-order valence-electron chi connectivity index (χ2n) is 12.7. The Bertz CT molecular complexity index is 1310. The maximum atomic E-state index is 13.7. The van der Waals surface area contributed by atoms with Crippen LogP contribution in [0.4, 0.5) is 19.0 Å². The van der Waals surface area contributed by atoms with E-state index in [1.54, 1.807) is 0 Å². The number of halogens is 3. The van der Waals surface area contributed by atoms with Gasteiger partial charge in [0.05, 0.1) is 16.5 Å². The average Bonchev–Trinajstić information content (AvgIpc) is 3.68. The van der Waals surface area contributed by atoms with Crippen LogP contribution in [0.3, 0.4) is 0 Å². The maximum absolute atomic E-state index is 13.7. The van der Waals surface area contributed by atoms with E-state index in [0.29, 0.717) is 12.5 Å². The van der Waals surface area contributed by atoms with Crippen LogP contribution in [0.2, 0.25) is 0 Å². The van der Waals surface area contributed by atoms with E-state index in [4.69, 9.17) is 4.37 Å². The molecule has 0 radical (unpaired) electrons. The zero-order chi connectivity index (χ0) is 27.8. The van der Waals surface area contributed by atoms with Crippen molar-refractivity contribution in [3.05, 3.63) is 24.3 Å². The van der Waals surface area contributed by atoms with E-state index in [0.717, 1.165) is 64.2 Å². The smallest absolute Gasteiger partial charge is 0.380 e. The number of fused-ring (bicyclic) bond motifs is 6. The molecule has 2 amide bonds. The van der Waals surface area contributed by atoms with E-state index in [2.05, 4.69) is 21.9 Å². The van der Waals surface area contributed by atoms with Crippen LogP contribution in [0.15, 0.2) is 24.3 Å². The fourth-order valence-corrected chi connectivity index (χ4v) is 9.44. The van der Waals surface area contributed by atoms with E-state index in [-0.39, 0.29) is 18.2 Å². The predicted molar refractivity (Wildman–Crippen MR) is 145 cm³/mol. The van der Waals surface area contributed by atoms with Gasteiger partial charge in [0.15, 0.2) is 5.60 Å². The molecule has 2 aliphatic heterocycles. The number of hydrogen-bond donors (Lipinski definition) is 1. The monoisotopic (exact) mass is 576 g/mol. The van der Waals surface area contributed by atoms with Crippen LogP contribution in [0.5, 0.6) is 0 Å². The zero-order valence-electron chi connectivity index (χ0n) is 22.4. The summed E-state index contributed by atoms with van der Waals surface area (Å²) in [6.07, 6.45) is -1.06. The molecular formula is C29H35F3N4O3S. The number of alkyl halides is 3. The number of aromatic nitrogens is 1. The first-order valence-corrected chi connectivity index (χ1v) is 15.4. The Morgan fingerprint density at radius 3 is 2.38 bits per heavy atom. The Morgan fingerprint density at radius 1 is 0.975 bits per heavy atom. The molecule has 5 aliphatic rings. The van der Waals surface area contributed by atoms with Gasteiger partial charge in [-0.2, -0.15) is 17.5 Å². The lowest BCUT2D eigenvalue weighted by molar-refractivity contribution is -0.282. The van der Waals surface area contributed by atoms with Crippen LogP contribution < -0.4 is 4.90 Å². The quantitative estimate of drug-likeness (QED) is 0.539. The Kier molecular flexibility index (Phi) is 6.43. The van der Waals surface area contributed by atoms with Crippen molar-refractivity contribution in [1.29, 1.82) is 0 Å². The molecule has 0 spiro atoms. The summed E-state index contributed by atoms with van der Waals surface area (Å²) in [6.45, 7) is 4.81. The van der Waals surface area contributed by atoms with Crippen molar-refractivity contribution >= 4 is 39.3 Å². The third-order valence-electron chi connectivity index (χ3n) is 10.7. The number of carbonyl (C=O) groups is 2. The fraction of sp³-hybridized carbons (Fsp3) is 0.690. The van der Waals surface area contributed by atoms with Crippen LogP contribution in [-0.2, 0) is 9.59 Å². The standard InChI is InChI=1S/C29H35F3N4O3S/c30-29(31,32)28(39)14-19-13-21(28)24-23(19)26(37)36(27(24)38)16-18-6-2-1-5-17(18)15-34-9-11-35(12-10-34)25-20-7-3-4-8-22(20)40-33-25/h3-4,7-8,17-19,21,23-24,39H,1-2,5-6,9-16H2/t17-,18-,19+,21+,23+,24-,28+/m0/s1. The number of aliphatic hydroxyl groups is 1. The number of amides is 2. The lowest BCUT2D eigenvalue weighted by atomic mass is 9.72. The highest BCUT2D eigenvalue weighted by Crippen LogP contribution is 2.64. The number of benzene rings is 1. The van der Waals surface area contributed by atoms with E-state index >= 15 is 0 Å². The number of anilines is 1. The molecule has 2 saturated heterocycles. The number of nitrogens with zero attached hydrogens (tertiary/aromatic N) is 4. The fourth-order valence-electron chi connectivity index (χ4n) is 8.65. The SMILES string of the molecule is O=C1[C@@H]2[C@@H]3C[C@H]([C@@H]2C(=O)N1C[C@@H]1CCCC[C@H]1CN1CCN(c2nsc4ccccc24)CC1)[C@@](O)(C(F)(F)F)C3. The zero-order valence-corrected chi connectivity index (χ0v) is 23.2. The largest absolute Gasteiger partial charge is 0.417 e. The van der Waals surface area contributed by atoms with Gasteiger partial charge in [0.2, 0.25) is 11.8 Å². The highest BCUT2D eigenvalue weighted by Gasteiger charge is 2.74. The molecule has 216 valence electrons. The van der Waals surface area contributed by atoms with Crippen molar-refractivity contribution in [3.63, 3.8) is 0 Å². The number of carbonyl (C=O) groups excluding carboxylic acids is 2. The van der Waals surface area contributed by atoms with E-state index in [1.807, 2.05) is 12.1 Å². The first-order valence-electron chi connectivity index (χ1n) is 14.6. The van der Waals surface area contributed by atoms with Gasteiger partial charge in [-0.25, -0.2) is 0 Å². The second-order valence-corrected chi connectivity index (χ2v) is 13.5. The lowest BCUT2D eigenvalue weighted by Crippen LogP contribution is -2.54. The summed E-state index contributed by atoms with van der Waals surface area (Å²) in [5.74, 6) is -2.76.